The van der Waals surface area contributed by atoms with Gasteiger partial charge in [-0.1, -0.05) is 70.5 Å². The van der Waals surface area contributed by atoms with Crippen LogP contribution in [0.25, 0.3) is 11.1 Å². The van der Waals surface area contributed by atoms with Crippen LogP contribution in [0.5, 0.6) is 6.01 Å². The van der Waals surface area contributed by atoms with Crippen LogP contribution in [0.2, 0.25) is 0 Å². The number of carbonyl (C=O) groups excluding carboxylic acids is 1. The van der Waals surface area contributed by atoms with Gasteiger partial charge in [-0.25, -0.2) is 9.97 Å². The zero-order chi connectivity index (χ0) is 26.1. The molecule has 0 radical (unpaired) electrons. The zero-order valence-electron chi connectivity index (χ0n) is 21.5. The van der Waals surface area contributed by atoms with Crippen LogP contribution in [0.1, 0.15) is 81.0 Å². The summed E-state index contributed by atoms with van der Waals surface area (Å²) in [6.07, 6.45) is 5.98. The lowest BCUT2D eigenvalue weighted by Gasteiger charge is -2.19. The number of carbonyl (C=O) groups is 2. The van der Waals surface area contributed by atoms with E-state index in [-0.39, 0.29) is 30.4 Å². The Kier molecular flexibility index (Phi) is 9.17. The molecule has 0 fully saturated rings. The number of ether oxygens (including phenoxy) is 1. The number of amides is 1. The Bertz CT molecular complexity index is 1140. The van der Waals surface area contributed by atoms with Crippen molar-refractivity contribution < 1.29 is 19.4 Å². The molecule has 7 heteroatoms. The lowest BCUT2D eigenvalue weighted by molar-refractivity contribution is -0.136. The second-order valence-electron chi connectivity index (χ2n) is 9.85. The summed E-state index contributed by atoms with van der Waals surface area (Å²) in [6.45, 7) is 8.79. The van der Waals surface area contributed by atoms with E-state index in [9.17, 15) is 9.59 Å². The van der Waals surface area contributed by atoms with Crippen molar-refractivity contribution in [1.82, 2.24) is 15.3 Å². The summed E-state index contributed by atoms with van der Waals surface area (Å²) >= 11 is 0. The van der Waals surface area contributed by atoms with E-state index in [0.29, 0.717) is 11.6 Å². The molecular weight excluding hydrogens is 454 g/mol. The van der Waals surface area contributed by atoms with Crippen molar-refractivity contribution in [3.63, 3.8) is 0 Å². The molecule has 1 aromatic heterocycles. The van der Waals surface area contributed by atoms with Gasteiger partial charge >= 0.3 is 12.0 Å². The summed E-state index contributed by atoms with van der Waals surface area (Å²) in [5.41, 5.74) is 4.74. The van der Waals surface area contributed by atoms with Crippen molar-refractivity contribution in [1.29, 1.82) is 0 Å². The largest absolute Gasteiger partial charge is 0.481 e. The SMILES string of the molecule is CCCC[C@H](Oc1ncc(-c2ccc(C(C)(C)C)cc2)cn1)c1ccc(C(=O)NCCC(=O)O)cc1. The quantitative estimate of drug-likeness (QED) is 0.345. The van der Waals surface area contributed by atoms with Gasteiger partial charge < -0.3 is 15.2 Å². The molecule has 0 bridgehead atoms. The molecule has 0 aliphatic rings. The van der Waals surface area contributed by atoms with Gasteiger partial charge in [-0.15, -0.1) is 0 Å². The van der Waals surface area contributed by atoms with E-state index in [1.807, 2.05) is 12.1 Å². The number of unbranched alkanes of at least 4 members (excludes halogenated alkanes) is 1. The molecule has 0 aliphatic carbocycles. The molecule has 1 heterocycles. The van der Waals surface area contributed by atoms with Crippen molar-refractivity contribution in [2.75, 3.05) is 6.54 Å². The van der Waals surface area contributed by atoms with Crippen LogP contribution < -0.4 is 10.1 Å². The molecule has 3 rings (SSSR count). The topological polar surface area (TPSA) is 101 Å². The molecule has 0 saturated heterocycles. The van der Waals surface area contributed by atoms with Crippen LogP contribution in [-0.4, -0.2) is 33.5 Å². The van der Waals surface area contributed by atoms with Crippen LogP contribution in [0.4, 0.5) is 0 Å². The number of benzene rings is 2. The normalized spacial score (nSPS) is 12.1. The molecule has 0 spiro atoms. The minimum absolute atomic E-state index is 0.0895. The van der Waals surface area contributed by atoms with Crippen molar-refractivity contribution in [3.05, 3.63) is 77.6 Å². The predicted octanol–water partition coefficient (Wildman–Crippen LogP) is 5.96. The molecule has 3 aromatic rings. The molecule has 1 amide bonds. The fourth-order valence-corrected chi connectivity index (χ4v) is 3.73. The Morgan fingerprint density at radius 1 is 0.972 bits per heavy atom. The molecular formula is C29H35N3O4. The molecule has 1 atom stereocenters. The van der Waals surface area contributed by atoms with E-state index < -0.39 is 5.97 Å². The van der Waals surface area contributed by atoms with Gasteiger partial charge in [0.15, 0.2) is 0 Å². The maximum absolute atomic E-state index is 12.2. The standard InChI is InChI=1S/C29H35N3O4/c1-5-6-7-25(21-8-10-22(11-9-21)27(35)30-17-16-26(33)34)36-28-31-18-23(19-32-28)20-12-14-24(15-13-20)29(2,3)4/h8-15,18-19,25H,5-7,16-17H2,1-4H3,(H,30,35)(H,33,34)/t25-/m0/s1. The highest BCUT2D eigenvalue weighted by Crippen LogP contribution is 2.28. The number of carboxylic acids is 1. The van der Waals surface area contributed by atoms with Gasteiger partial charge in [0, 0.05) is 30.1 Å². The highest BCUT2D eigenvalue weighted by Gasteiger charge is 2.17. The molecule has 2 N–H and O–H groups in total. The van der Waals surface area contributed by atoms with Crippen LogP contribution >= 0.6 is 0 Å². The lowest BCUT2D eigenvalue weighted by atomic mass is 9.86. The molecule has 2 aromatic carbocycles. The summed E-state index contributed by atoms with van der Waals surface area (Å²) in [4.78, 5) is 31.8. The van der Waals surface area contributed by atoms with Gasteiger partial charge in [-0.05, 0) is 47.1 Å². The van der Waals surface area contributed by atoms with Crippen molar-refractivity contribution >= 4 is 11.9 Å². The number of hydrogen-bond acceptors (Lipinski definition) is 5. The highest BCUT2D eigenvalue weighted by atomic mass is 16.5. The lowest BCUT2D eigenvalue weighted by Crippen LogP contribution is -2.26. The minimum atomic E-state index is -0.949. The predicted molar refractivity (Wildman–Crippen MR) is 140 cm³/mol. The summed E-state index contributed by atoms with van der Waals surface area (Å²) in [7, 11) is 0. The van der Waals surface area contributed by atoms with Gasteiger partial charge in [-0.3, -0.25) is 9.59 Å². The Morgan fingerprint density at radius 2 is 1.61 bits per heavy atom. The fraction of sp³-hybridized carbons (Fsp3) is 0.379. The Hall–Kier alpha value is -3.74. The maximum atomic E-state index is 12.2. The third-order valence-electron chi connectivity index (χ3n) is 5.95. The second-order valence-corrected chi connectivity index (χ2v) is 9.85. The Balaban J connectivity index is 1.69. The highest BCUT2D eigenvalue weighted by molar-refractivity contribution is 5.94. The van der Waals surface area contributed by atoms with Crippen LogP contribution in [0.15, 0.2) is 60.9 Å². The van der Waals surface area contributed by atoms with E-state index >= 15 is 0 Å². The first kappa shape index (κ1) is 26.9. The van der Waals surface area contributed by atoms with E-state index in [4.69, 9.17) is 9.84 Å². The first-order valence-electron chi connectivity index (χ1n) is 12.4. The fourth-order valence-electron chi connectivity index (χ4n) is 3.73. The number of carboxylic acid groups (broad SMARTS) is 1. The van der Waals surface area contributed by atoms with E-state index in [2.05, 4.69) is 67.2 Å². The van der Waals surface area contributed by atoms with Crippen LogP contribution in [0.3, 0.4) is 0 Å². The van der Waals surface area contributed by atoms with Gasteiger partial charge in [0.25, 0.3) is 5.91 Å². The molecule has 0 aliphatic heterocycles. The van der Waals surface area contributed by atoms with Gasteiger partial charge in [0.05, 0.1) is 6.42 Å². The number of nitrogens with zero attached hydrogens (tertiary/aromatic N) is 2. The van der Waals surface area contributed by atoms with E-state index in [0.717, 1.165) is 36.0 Å². The summed E-state index contributed by atoms with van der Waals surface area (Å²) in [5, 5.41) is 11.3. The van der Waals surface area contributed by atoms with Gasteiger partial charge in [-0.2, -0.15) is 0 Å². The molecule has 36 heavy (non-hydrogen) atoms. The average molecular weight is 490 g/mol. The summed E-state index contributed by atoms with van der Waals surface area (Å²) < 4.78 is 6.16. The van der Waals surface area contributed by atoms with Crippen molar-refractivity contribution in [2.24, 2.45) is 0 Å². The second kappa shape index (κ2) is 12.3. The van der Waals surface area contributed by atoms with Crippen molar-refractivity contribution in [2.45, 2.75) is 64.9 Å². The smallest absolute Gasteiger partial charge is 0.316 e. The molecule has 7 nitrogen and oxygen atoms in total. The maximum Gasteiger partial charge on any atom is 0.316 e. The minimum Gasteiger partial charge on any atom is -0.481 e. The molecule has 0 saturated carbocycles. The summed E-state index contributed by atoms with van der Waals surface area (Å²) in [5.74, 6) is -1.25. The molecule has 190 valence electrons. The number of aliphatic carboxylic acids is 1. The van der Waals surface area contributed by atoms with E-state index in [1.54, 1.807) is 24.5 Å². The number of nitrogens with one attached hydrogen (secondary N) is 1. The van der Waals surface area contributed by atoms with Gasteiger partial charge in [0.2, 0.25) is 0 Å². The Labute approximate surface area is 213 Å². The monoisotopic (exact) mass is 489 g/mol. The Morgan fingerprint density at radius 3 is 2.17 bits per heavy atom. The van der Waals surface area contributed by atoms with Gasteiger partial charge in [0.1, 0.15) is 6.10 Å². The first-order valence-corrected chi connectivity index (χ1v) is 12.4. The van der Waals surface area contributed by atoms with Crippen LogP contribution in [0, 0.1) is 0 Å². The first-order chi connectivity index (χ1) is 17.2. The average Bonchev–Trinajstić information content (AvgIpc) is 2.86. The van der Waals surface area contributed by atoms with E-state index in [1.165, 1.54) is 5.56 Å². The van der Waals surface area contributed by atoms with Crippen molar-refractivity contribution in [3.8, 4) is 17.1 Å². The zero-order valence-corrected chi connectivity index (χ0v) is 21.5. The molecule has 0 unspecified atom stereocenters. The number of hydrogen-bond donors (Lipinski definition) is 2. The summed E-state index contributed by atoms with van der Waals surface area (Å²) in [6, 6.07) is 15.9. The number of aromatic nitrogens is 2. The number of rotatable bonds is 11. The van der Waals surface area contributed by atoms with Crippen LogP contribution in [-0.2, 0) is 10.2 Å². The third-order valence-corrected chi connectivity index (χ3v) is 5.95. The third kappa shape index (κ3) is 7.63.